The number of hydrogen-bond acceptors (Lipinski definition) is 4. The highest BCUT2D eigenvalue weighted by molar-refractivity contribution is 5.98. The van der Waals surface area contributed by atoms with Crippen LogP contribution in [-0.2, 0) is 4.79 Å². The van der Waals surface area contributed by atoms with Crippen LogP contribution in [0.5, 0.6) is 11.5 Å². The van der Waals surface area contributed by atoms with Crippen molar-refractivity contribution in [2.45, 2.75) is 25.7 Å². The maximum atomic E-state index is 12.5. The molecular formula is C22H26N2O4. The molecule has 0 bridgehead atoms. The summed E-state index contributed by atoms with van der Waals surface area (Å²) in [6, 6.07) is 14.3. The van der Waals surface area contributed by atoms with Crippen molar-refractivity contribution in [1.29, 1.82) is 0 Å². The van der Waals surface area contributed by atoms with Crippen molar-refractivity contribution in [3.8, 4) is 11.5 Å². The van der Waals surface area contributed by atoms with Crippen molar-refractivity contribution in [3.05, 3.63) is 59.7 Å². The molecular weight excluding hydrogens is 356 g/mol. The van der Waals surface area contributed by atoms with Crippen molar-refractivity contribution in [1.82, 2.24) is 10.2 Å². The van der Waals surface area contributed by atoms with E-state index in [1.165, 1.54) is 5.56 Å². The van der Waals surface area contributed by atoms with Crippen LogP contribution >= 0.6 is 0 Å². The average molecular weight is 382 g/mol. The number of para-hydroxylation sites is 1. The Hall–Kier alpha value is -3.02. The van der Waals surface area contributed by atoms with Crippen LogP contribution in [-0.4, -0.2) is 48.1 Å². The van der Waals surface area contributed by atoms with E-state index in [0.29, 0.717) is 36.9 Å². The van der Waals surface area contributed by atoms with Crippen molar-refractivity contribution < 1.29 is 19.4 Å². The summed E-state index contributed by atoms with van der Waals surface area (Å²) in [5.74, 6) is 0.780. The van der Waals surface area contributed by atoms with Crippen LogP contribution in [0.3, 0.4) is 0 Å². The lowest BCUT2D eigenvalue weighted by Crippen LogP contribution is -2.43. The van der Waals surface area contributed by atoms with Gasteiger partial charge in [-0.15, -0.1) is 0 Å². The molecule has 2 aromatic rings. The van der Waals surface area contributed by atoms with Gasteiger partial charge in [0.15, 0.2) is 0 Å². The predicted molar refractivity (Wildman–Crippen MR) is 107 cm³/mol. The first-order valence-electron chi connectivity index (χ1n) is 9.65. The fourth-order valence-electron chi connectivity index (χ4n) is 3.51. The second-order valence-electron chi connectivity index (χ2n) is 6.86. The zero-order valence-corrected chi connectivity index (χ0v) is 16.1. The topological polar surface area (TPSA) is 78.9 Å². The highest BCUT2D eigenvalue weighted by Gasteiger charge is 2.24. The quantitative estimate of drug-likeness (QED) is 0.805. The summed E-state index contributed by atoms with van der Waals surface area (Å²) in [5.41, 5.74) is 1.62. The Morgan fingerprint density at radius 1 is 1.11 bits per heavy atom. The molecule has 0 spiro atoms. The van der Waals surface area contributed by atoms with Gasteiger partial charge in [0.2, 0.25) is 5.91 Å². The van der Waals surface area contributed by atoms with Crippen LogP contribution in [0.15, 0.2) is 48.5 Å². The number of phenolic OH excluding ortho intramolecular Hbond substituents is 1. The monoisotopic (exact) mass is 382 g/mol. The Bertz CT molecular complexity index is 812. The van der Waals surface area contributed by atoms with Gasteiger partial charge >= 0.3 is 0 Å². The molecule has 3 rings (SSSR count). The van der Waals surface area contributed by atoms with Crippen LogP contribution in [0, 0.1) is 0 Å². The number of phenols is 1. The lowest BCUT2D eigenvalue weighted by molar-refractivity contribution is -0.131. The molecule has 1 heterocycles. The minimum Gasteiger partial charge on any atom is -0.508 e. The number of nitrogens with zero attached hydrogens (tertiary/aromatic N) is 1. The van der Waals surface area contributed by atoms with Crippen LogP contribution in [0.2, 0.25) is 0 Å². The third-order valence-electron chi connectivity index (χ3n) is 5.04. The van der Waals surface area contributed by atoms with Crippen LogP contribution in [0.25, 0.3) is 0 Å². The Morgan fingerprint density at radius 3 is 2.46 bits per heavy atom. The highest BCUT2D eigenvalue weighted by atomic mass is 16.5. The molecule has 0 unspecified atom stereocenters. The molecule has 0 radical (unpaired) electrons. The standard InChI is InChI=1S/C22H26N2O4/c1-2-28-20-6-4-3-5-19(20)22(27)23-15-21(26)24-13-11-17(12-14-24)16-7-9-18(25)10-8-16/h3-10,17,25H,2,11-15H2,1H3,(H,23,27). The lowest BCUT2D eigenvalue weighted by atomic mass is 9.89. The van der Waals surface area contributed by atoms with E-state index < -0.39 is 0 Å². The molecule has 28 heavy (non-hydrogen) atoms. The van der Waals surface area contributed by atoms with Crippen molar-refractivity contribution >= 4 is 11.8 Å². The van der Waals surface area contributed by atoms with Crippen molar-refractivity contribution in [2.75, 3.05) is 26.2 Å². The smallest absolute Gasteiger partial charge is 0.255 e. The summed E-state index contributed by atoms with van der Waals surface area (Å²) in [6.07, 6.45) is 1.75. The Labute approximate surface area is 165 Å². The maximum Gasteiger partial charge on any atom is 0.255 e. The van der Waals surface area contributed by atoms with E-state index in [1.54, 1.807) is 35.2 Å². The van der Waals surface area contributed by atoms with Gasteiger partial charge in [0.05, 0.1) is 18.7 Å². The molecule has 1 saturated heterocycles. The first-order valence-corrected chi connectivity index (χ1v) is 9.65. The molecule has 6 heteroatoms. The molecule has 0 aliphatic carbocycles. The van der Waals surface area contributed by atoms with E-state index in [1.807, 2.05) is 25.1 Å². The Kier molecular flexibility index (Phi) is 6.53. The third kappa shape index (κ3) is 4.82. The maximum absolute atomic E-state index is 12.5. The van der Waals surface area contributed by atoms with E-state index in [4.69, 9.17) is 4.74 Å². The van der Waals surface area contributed by atoms with E-state index >= 15 is 0 Å². The fourth-order valence-corrected chi connectivity index (χ4v) is 3.51. The molecule has 0 aromatic heterocycles. The molecule has 2 amide bonds. The largest absolute Gasteiger partial charge is 0.508 e. The molecule has 148 valence electrons. The number of amides is 2. The summed E-state index contributed by atoms with van der Waals surface area (Å²) in [4.78, 5) is 26.7. The number of hydrogen-bond donors (Lipinski definition) is 2. The van der Waals surface area contributed by atoms with Gasteiger partial charge in [-0.2, -0.15) is 0 Å². The fraction of sp³-hybridized carbons (Fsp3) is 0.364. The van der Waals surface area contributed by atoms with Gasteiger partial charge in [-0.3, -0.25) is 9.59 Å². The van der Waals surface area contributed by atoms with Crippen molar-refractivity contribution in [3.63, 3.8) is 0 Å². The number of carbonyl (C=O) groups excluding carboxylic acids is 2. The summed E-state index contributed by atoms with van der Waals surface area (Å²) >= 11 is 0. The number of carbonyl (C=O) groups is 2. The zero-order valence-electron chi connectivity index (χ0n) is 16.1. The summed E-state index contributed by atoms with van der Waals surface area (Å²) in [6.45, 7) is 3.63. The molecule has 0 atom stereocenters. The summed E-state index contributed by atoms with van der Waals surface area (Å²) in [7, 11) is 0. The normalized spacial score (nSPS) is 14.5. The van der Waals surface area contributed by atoms with E-state index in [2.05, 4.69) is 5.32 Å². The molecule has 6 nitrogen and oxygen atoms in total. The zero-order chi connectivity index (χ0) is 19.9. The molecule has 1 aliphatic heterocycles. The SMILES string of the molecule is CCOc1ccccc1C(=O)NCC(=O)N1CCC(c2ccc(O)cc2)CC1. The first kappa shape index (κ1) is 19.7. The molecule has 0 saturated carbocycles. The van der Waals surface area contributed by atoms with Crippen LogP contribution in [0.4, 0.5) is 0 Å². The minimum atomic E-state index is -0.309. The predicted octanol–water partition coefficient (Wildman–Crippen LogP) is 2.93. The lowest BCUT2D eigenvalue weighted by Gasteiger charge is -2.32. The Morgan fingerprint density at radius 2 is 1.79 bits per heavy atom. The van der Waals surface area contributed by atoms with Gasteiger partial charge in [-0.1, -0.05) is 24.3 Å². The van der Waals surface area contributed by atoms with Crippen LogP contribution < -0.4 is 10.1 Å². The van der Waals surface area contributed by atoms with Gasteiger partial charge in [0.1, 0.15) is 11.5 Å². The minimum absolute atomic E-state index is 0.0246. The average Bonchev–Trinajstić information content (AvgIpc) is 2.73. The second-order valence-corrected chi connectivity index (χ2v) is 6.86. The second kappa shape index (κ2) is 9.26. The van der Waals surface area contributed by atoms with Gasteiger partial charge in [-0.05, 0) is 55.5 Å². The van der Waals surface area contributed by atoms with Gasteiger partial charge in [0, 0.05) is 13.1 Å². The van der Waals surface area contributed by atoms with E-state index in [-0.39, 0.29) is 24.1 Å². The number of rotatable bonds is 6. The molecule has 1 aliphatic rings. The molecule has 2 aromatic carbocycles. The van der Waals surface area contributed by atoms with E-state index in [9.17, 15) is 14.7 Å². The summed E-state index contributed by atoms with van der Waals surface area (Å²) < 4.78 is 5.47. The molecule has 2 N–H and O–H groups in total. The number of nitrogens with one attached hydrogen (secondary N) is 1. The number of aromatic hydroxyl groups is 1. The summed E-state index contributed by atoms with van der Waals surface area (Å²) in [5, 5.41) is 12.1. The number of ether oxygens (including phenoxy) is 1. The van der Waals surface area contributed by atoms with Gasteiger partial charge in [-0.25, -0.2) is 0 Å². The van der Waals surface area contributed by atoms with Gasteiger partial charge < -0.3 is 20.1 Å². The van der Waals surface area contributed by atoms with E-state index in [0.717, 1.165) is 12.8 Å². The number of benzene rings is 2. The first-order chi connectivity index (χ1) is 13.6. The molecule has 1 fully saturated rings. The number of piperidine rings is 1. The van der Waals surface area contributed by atoms with Crippen LogP contribution in [0.1, 0.15) is 41.6 Å². The van der Waals surface area contributed by atoms with Gasteiger partial charge in [0.25, 0.3) is 5.91 Å². The number of likely N-dealkylation sites (tertiary alicyclic amines) is 1. The third-order valence-corrected chi connectivity index (χ3v) is 5.04. The Balaban J connectivity index is 1.49. The highest BCUT2D eigenvalue weighted by Crippen LogP contribution is 2.29. The van der Waals surface area contributed by atoms with Crippen molar-refractivity contribution in [2.24, 2.45) is 0 Å².